The highest BCUT2D eigenvalue weighted by Crippen LogP contribution is 2.34. The van der Waals surface area contributed by atoms with Crippen LogP contribution in [0.15, 0.2) is 36.5 Å². The van der Waals surface area contributed by atoms with Gasteiger partial charge in [-0.1, -0.05) is 30.2 Å². The SMILES string of the molecule is CC#CC(=O)N1CCN(c2nc(OC[C@@H]3CCCN3C)nc3c2CCN(c2nccc4ccccc24)C3)CC1CC#N. The number of likely N-dealkylation sites (N-methyl/N-ethyl adjacent to an activating group) is 1. The van der Waals surface area contributed by atoms with E-state index in [-0.39, 0.29) is 18.4 Å². The monoisotopic (exact) mass is 564 g/mol. The maximum absolute atomic E-state index is 12.7. The first-order valence-corrected chi connectivity index (χ1v) is 14.7. The molecule has 3 aliphatic rings. The van der Waals surface area contributed by atoms with Crippen molar-refractivity contribution in [1.29, 1.82) is 5.26 Å². The van der Waals surface area contributed by atoms with Gasteiger partial charge in [-0.15, -0.1) is 0 Å². The Hall–Kier alpha value is -4.41. The number of fused-ring (bicyclic) bond motifs is 2. The number of carbonyl (C=O) groups is 1. The number of nitriles is 1. The lowest BCUT2D eigenvalue weighted by molar-refractivity contribution is -0.127. The Labute approximate surface area is 246 Å². The fourth-order valence-electron chi connectivity index (χ4n) is 6.39. The number of piperazine rings is 1. The van der Waals surface area contributed by atoms with E-state index in [2.05, 4.69) is 51.8 Å². The number of hydrogen-bond acceptors (Lipinski definition) is 9. The fourth-order valence-corrected chi connectivity index (χ4v) is 6.39. The molecule has 1 aromatic carbocycles. The molecule has 3 aliphatic heterocycles. The summed E-state index contributed by atoms with van der Waals surface area (Å²) in [4.78, 5) is 35.9. The lowest BCUT2D eigenvalue weighted by atomic mass is 10.0. The molecule has 0 saturated carbocycles. The minimum atomic E-state index is -0.265. The van der Waals surface area contributed by atoms with E-state index in [0.717, 1.165) is 59.6 Å². The zero-order valence-electron chi connectivity index (χ0n) is 24.3. The molecule has 5 heterocycles. The summed E-state index contributed by atoms with van der Waals surface area (Å²) in [7, 11) is 2.13. The number of rotatable bonds is 6. The summed E-state index contributed by atoms with van der Waals surface area (Å²) in [5, 5.41) is 11.8. The minimum absolute atomic E-state index is 0.231. The molecule has 0 radical (unpaired) electrons. The van der Waals surface area contributed by atoms with E-state index in [1.54, 1.807) is 11.8 Å². The van der Waals surface area contributed by atoms with Gasteiger partial charge in [-0.3, -0.25) is 4.79 Å². The van der Waals surface area contributed by atoms with E-state index in [4.69, 9.17) is 19.7 Å². The van der Waals surface area contributed by atoms with E-state index in [0.29, 0.717) is 44.8 Å². The smallest absolute Gasteiger partial charge is 0.318 e. The molecule has 10 nitrogen and oxygen atoms in total. The van der Waals surface area contributed by atoms with Gasteiger partial charge in [-0.2, -0.15) is 15.2 Å². The molecular weight excluding hydrogens is 528 g/mol. The molecule has 2 atom stereocenters. The average molecular weight is 565 g/mol. The Morgan fingerprint density at radius 3 is 2.76 bits per heavy atom. The molecule has 3 aromatic rings. The average Bonchev–Trinajstić information content (AvgIpc) is 3.43. The van der Waals surface area contributed by atoms with Crippen molar-refractivity contribution >= 4 is 28.3 Å². The zero-order valence-corrected chi connectivity index (χ0v) is 24.3. The molecule has 0 spiro atoms. The summed E-state index contributed by atoms with van der Waals surface area (Å²) < 4.78 is 6.27. The van der Waals surface area contributed by atoms with Crippen LogP contribution < -0.4 is 14.5 Å². The summed E-state index contributed by atoms with van der Waals surface area (Å²) in [5.74, 6) is 6.91. The Kier molecular flexibility index (Phi) is 8.07. The third-order valence-corrected chi connectivity index (χ3v) is 8.65. The molecule has 1 amide bonds. The molecule has 2 saturated heterocycles. The molecule has 6 rings (SSSR count). The second kappa shape index (κ2) is 12.2. The van der Waals surface area contributed by atoms with Crippen LogP contribution in [-0.4, -0.2) is 89.1 Å². The summed E-state index contributed by atoms with van der Waals surface area (Å²) >= 11 is 0. The summed E-state index contributed by atoms with van der Waals surface area (Å²) in [6.45, 7) is 6.23. The van der Waals surface area contributed by atoms with Gasteiger partial charge in [0.25, 0.3) is 5.91 Å². The van der Waals surface area contributed by atoms with Crippen molar-refractivity contribution < 1.29 is 9.53 Å². The molecule has 1 unspecified atom stereocenters. The van der Waals surface area contributed by atoms with Gasteiger partial charge < -0.3 is 24.3 Å². The quantitative estimate of drug-likeness (QED) is 0.418. The van der Waals surface area contributed by atoms with E-state index >= 15 is 0 Å². The zero-order chi connectivity index (χ0) is 29.1. The van der Waals surface area contributed by atoms with Crippen molar-refractivity contribution in [3.63, 3.8) is 0 Å². The van der Waals surface area contributed by atoms with Crippen LogP contribution in [0.1, 0.15) is 37.4 Å². The van der Waals surface area contributed by atoms with Gasteiger partial charge in [0.05, 0.1) is 30.8 Å². The number of carbonyl (C=O) groups excluding carboxylic acids is 1. The molecule has 2 fully saturated rings. The normalized spacial score (nSPS) is 20.5. The number of amides is 1. The Bertz CT molecular complexity index is 1570. The lowest BCUT2D eigenvalue weighted by Crippen LogP contribution is -2.55. The van der Waals surface area contributed by atoms with Gasteiger partial charge in [-0.25, -0.2) is 4.98 Å². The Morgan fingerprint density at radius 2 is 1.95 bits per heavy atom. The first-order valence-electron chi connectivity index (χ1n) is 14.7. The molecule has 0 bridgehead atoms. The van der Waals surface area contributed by atoms with Crippen molar-refractivity contribution in [2.24, 2.45) is 0 Å². The largest absolute Gasteiger partial charge is 0.462 e. The molecule has 0 N–H and O–H groups in total. The maximum atomic E-state index is 12.7. The first kappa shape index (κ1) is 27.7. The lowest BCUT2D eigenvalue weighted by Gasteiger charge is -2.41. The van der Waals surface area contributed by atoms with E-state index in [9.17, 15) is 10.1 Å². The molecule has 10 heteroatoms. The van der Waals surface area contributed by atoms with Crippen molar-refractivity contribution in [2.75, 3.05) is 56.2 Å². The van der Waals surface area contributed by atoms with Gasteiger partial charge in [0.1, 0.15) is 18.2 Å². The van der Waals surface area contributed by atoms with Crippen molar-refractivity contribution in [1.82, 2.24) is 24.8 Å². The van der Waals surface area contributed by atoms with Gasteiger partial charge in [0.2, 0.25) is 0 Å². The third kappa shape index (κ3) is 5.55. The first-order chi connectivity index (χ1) is 20.6. The number of likely N-dealkylation sites (tertiary alicyclic amines) is 1. The predicted molar refractivity (Wildman–Crippen MR) is 161 cm³/mol. The third-order valence-electron chi connectivity index (χ3n) is 8.65. The highest BCUT2D eigenvalue weighted by Gasteiger charge is 2.34. The number of hydrogen-bond donors (Lipinski definition) is 0. The van der Waals surface area contributed by atoms with Gasteiger partial charge in [0, 0.05) is 49.4 Å². The summed E-state index contributed by atoms with van der Waals surface area (Å²) in [6.07, 6.45) is 5.12. The maximum Gasteiger partial charge on any atom is 0.318 e. The van der Waals surface area contributed by atoms with Crippen LogP contribution in [0, 0.1) is 23.2 Å². The number of nitrogens with zero attached hydrogens (tertiary/aromatic N) is 8. The second-order valence-electron chi connectivity index (χ2n) is 11.2. The highest BCUT2D eigenvalue weighted by atomic mass is 16.5. The Morgan fingerprint density at radius 1 is 1.07 bits per heavy atom. The predicted octanol–water partition coefficient (Wildman–Crippen LogP) is 3.01. The number of aromatic nitrogens is 3. The summed E-state index contributed by atoms with van der Waals surface area (Å²) in [6, 6.07) is 13.1. The number of anilines is 2. The number of benzene rings is 1. The van der Waals surface area contributed by atoms with Crippen LogP contribution in [0.25, 0.3) is 10.8 Å². The summed E-state index contributed by atoms with van der Waals surface area (Å²) in [5.41, 5.74) is 2.03. The second-order valence-corrected chi connectivity index (χ2v) is 11.2. The molecule has 2 aromatic heterocycles. The van der Waals surface area contributed by atoms with Gasteiger partial charge >= 0.3 is 6.01 Å². The van der Waals surface area contributed by atoms with Crippen LogP contribution in [0.4, 0.5) is 11.6 Å². The minimum Gasteiger partial charge on any atom is -0.462 e. The van der Waals surface area contributed by atoms with Crippen LogP contribution in [-0.2, 0) is 17.8 Å². The van der Waals surface area contributed by atoms with Crippen molar-refractivity contribution in [3.8, 4) is 23.9 Å². The molecular formula is C32H36N8O2. The van der Waals surface area contributed by atoms with Crippen LogP contribution >= 0.6 is 0 Å². The molecule has 216 valence electrons. The van der Waals surface area contributed by atoms with Crippen LogP contribution in [0.5, 0.6) is 6.01 Å². The van der Waals surface area contributed by atoms with Gasteiger partial charge in [-0.05, 0) is 57.2 Å². The van der Waals surface area contributed by atoms with E-state index < -0.39 is 0 Å². The van der Waals surface area contributed by atoms with E-state index in [1.807, 2.05) is 24.4 Å². The molecule has 42 heavy (non-hydrogen) atoms. The standard InChI is InChI=1S/C32H36N8O2/c1-3-7-29(41)40-19-18-39(20-24(40)11-14-33)31-27-13-17-38(30-26-10-5-4-8-23(26)12-15-34-30)21-28(27)35-32(36-31)42-22-25-9-6-16-37(25)2/h4-5,8,10,12,15,24-25H,6,9,11,13,16-22H2,1-2H3/t24?,25-/m0/s1. The van der Waals surface area contributed by atoms with Crippen molar-refractivity contribution in [3.05, 3.63) is 47.8 Å². The van der Waals surface area contributed by atoms with Crippen LogP contribution in [0.2, 0.25) is 0 Å². The fraction of sp³-hybridized carbons (Fsp3) is 0.469. The van der Waals surface area contributed by atoms with E-state index in [1.165, 1.54) is 6.42 Å². The van der Waals surface area contributed by atoms with Crippen LogP contribution in [0.3, 0.4) is 0 Å². The Balaban J connectivity index is 1.32. The molecule has 0 aliphatic carbocycles. The number of ether oxygens (including phenoxy) is 1. The van der Waals surface area contributed by atoms with Crippen molar-refractivity contribution in [2.45, 2.75) is 51.2 Å². The van der Waals surface area contributed by atoms with Gasteiger partial charge in [0.15, 0.2) is 0 Å². The highest BCUT2D eigenvalue weighted by molar-refractivity contribution is 5.94. The number of pyridine rings is 1. The topological polar surface area (TPSA) is 102 Å².